The largest absolute Gasteiger partial charge is 0.465 e. The van der Waals surface area contributed by atoms with E-state index < -0.39 is 5.41 Å². The van der Waals surface area contributed by atoms with Crippen LogP contribution in [0, 0.1) is 0 Å². The highest BCUT2D eigenvalue weighted by molar-refractivity contribution is 6.29. The summed E-state index contributed by atoms with van der Waals surface area (Å²) < 4.78 is 5.21. The van der Waals surface area contributed by atoms with E-state index in [0.717, 1.165) is 31.2 Å². The number of carbonyl (C=O) groups excluding carboxylic acids is 1. The number of ether oxygens (including phenoxy) is 1. The molecule has 2 rings (SSSR count). The van der Waals surface area contributed by atoms with Crippen molar-refractivity contribution in [3.05, 3.63) is 29.0 Å². The standard InChI is InChI=1S/C13H16ClNO2/c1-2-17-12(16)13(7-3-4-8-13)10-5-6-11(14)15-9-10/h5-6,9H,2-4,7-8H2,1H3. The van der Waals surface area contributed by atoms with Gasteiger partial charge in [0.05, 0.1) is 12.0 Å². The van der Waals surface area contributed by atoms with Crippen molar-refractivity contribution in [2.45, 2.75) is 38.0 Å². The number of carbonyl (C=O) groups is 1. The zero-order valence-corrected chi connectivity index (χ0v) is 10.7. The lowest BCUT2D eigenvalue weighted by atomic mass is 9.80. The molecule has 0 bridgehead atoms. The Bertz CT molecular complexity index is 396. The number of hydrogen-bond acceptors (Lipinski definition) is 3. The average molecular weight is 254 g/mol. The number of rotatable bonds is 3. The Hall–Kier alpha value is -1.09. The first kappa shape index (κ1) is 12.4. The van der Waals surface area contributed by atoms with E-state index in [1.54, 1.807) is 12.3 Å². The van der Waals surface area contributed by atoms with Crippen molar-refractivity contribution in [1.29, 1.82) is 0 Å². The van der Waals surface area contributed by atoms with Gasteiger partial charge in [0, 0.05) is 6.20 Å². The maximum Gasteiger partial charge on any atom is 0.316 e. The van der Waals surface area contributed by atoms with Crippen molar-refractivity contribution in [1.82, 2.24) is 4.98 Å². The fraction of sp³-hybridized carbons (Fsp3) is 0.538. The summed E-state index contributed by atoms with van der Waals surface area (Å²) in [5.74, 6) is -0.123. The number of pyridine rings is 1. The summed E-state index contributed by atoms with van der Waals surface area (Å²) in [5.41, 5.74) is 0.436. The minimum absolute atomic E-state index is 0.123. The fourth-order valence-electron chi connectivity index (χ4n) is 2.52. The minimum atomic E-state index is -0.492. The van der Waals surface area contributed by atoms with Crippen molar-refractivity contribution in [3.8, 4) is 0 Å². The van der Waals surface area contributed by atoms with Gasteiger partial charge in [-0.05, 0) is 31.4 Å². The molecule has 0 saturated heterocycles. The molecule has 1 fully saturated rings. The SMILES string of the molecule is CCOC(=O)C1(c2ccc(Cl)nc2)CCCC1. The van der Waals surface area contributed by atoms with E-state index in [9.17, 15) is 4.79 Å². The third-order valence-electron chi connectivity index (χ3n) is 3.40. The number of esters is 1. The van der Waals surface area contributed by atoms with Crippen molar-refractivity contribution in [3.63, 3.8) is 0 Å². The summed E-state index contributed by atoms with van der Waals surface area (Å²) in [6, 6.07) is 3.62. The van der Waals surface area contributed by atoms with Crippen LogP contribution in [-0.2, 0) is 14.9 Å². The van der Waals surface area contributed by atoms with E-state index in [1.807, 2.05) is 13.0 Å². The van der Waals surface area contributed by atoms with E-state index >= 15 is 0 Å². The highest BCUT2D eigenvalue weighted by atomic mass is 35.5. The third-order valence-corrected chi connectivity index (χ3v) is 3.63. The molecule has 1 aliphatic rings. The summed E-state index contributed by atoms with van der Waals surface area (Å²) in [4.78, 5) is 16.2. The van der Waals surface area contributed by atoms with Gasteiger partial charge in [-0.1, -0.05) is 30.5 Å². The van der Waals surface area contributed by atoms with E-state index in [4.69, 9.17) is 16.3 Å². The summed E-state index contributed by atoms with van der Waals surface area (Å²) in [6.07, 6.45) is 5.50. The van der Waals surface area contributed by atoms with Gasteiger partial charge in [0.1, 0.15) is 5.15 Å². The molecule has 1 heterocycles. The molecule has 1 saturated carbocycles. The molecule has 0 unspecified atom stereocenters. The molecular weight excluding hydrogens is 238 g/mol. The Labute approximate surface area is 106 Å². The van der Waals surface area contributed by atoms with Crippen LogP contribution in [0.4, 0.5) is 0 Å². The van der Waals surface area contributed by atoms with Crippen LogP contribution >= 0.6 is 11.6 Å². The lowest BCUT2D eigenvalue weighted by molar-refractivity contribution is -0.150. The smallest absolute Gasteiger partial charge is 0.316 e. The predicted octanol–water partition coefficient (Wildman–Crippen LogP) is 3.11. The molecule has 0 radical (unpaired) electrons. The molecule has 1 aliphatic carbocycles. The molecule has 1 aromatic rings. The van der Waals surface area contributed by atoms with Gasteiger partial charge < -0.3 is 4.74 Å². The number of halogens is 1. The first-order valence-electron chi connectivity index (χ1n) is 5.98. The van der Waals surface area contributed by atoms with E-state index in [2.05, 4.69) is 4.98 Å². The fourth-order valence-corrected chi connectivity index (χ4v) is 2.63. The van der Waals surface area contributed by atoms with Crippen LogP contribution in [0.5, 0.6) is 0 Å². The normalized spacial score (nSPS) is 18.0. The first-order valence-corrected chi connectivity index (χ1v) is 6.36. The van der Waals surface area contributed by atoms with Gasteiger partial charge >= 0.3 is 5.97 Å². The van der Waals surface area contributed by atoms with Gasteiger partial charge in [-0.3, -0.25) is 4.79 Å². The molecule has 3 nitrogen and oxygen atoms in total. The molecule has 0 N–H and O–H groups in total. The van der Waals surface area contributed by atoms with Crippen molar-refractivity contribution in [2.75, 3.05) is 6.61 Å². The van der Waals surface area contributed by atoms with Crippen LogP contribution in [0.25, 0.3) is 0 Å². The van der Waals surface area contributed by atoms with E-state index in [0.29, 0.717) is 11.8 Å². The predicted molar refractivity (Wildman–Crippen MR) is 66.0 cm³/mol. The average Bonchev–Trinajstić information content (AvgIpc) is 2.81. The Morgan fingerprint density at radius 2 is 2.18 bits per heavy atom. The zero-order valence-electron chi connectivity index (χ0n) is 9.91. The number of aromatic nitrogens is 1. The molecule has 0 aliphatic heterocycles. The van der Waals surface area contributed by atoms with Crippen molar-refractivity contribution in [2.24, 2.45) is 0 Å². The van der Waals surface area contributed by atoms with Gasteiger partial charge in [-0.25, -0.2) is 4.98 Å². The second kappa shape index (κ2) is 5.05. The Morgan fingerprint density at radius 3 is 2.71 bits per heavy atom. The van der Waals surface area contributed by atoms with Gasteiger partial charge in [0.15, 0.2) is 0 Å². The third kappa shape index (κ3) is 2.29. The molecule has 0 atom stereocenters. The summed E-state index contributed by atoms with van der Waals surface area (Å²) in [5, 5.41) is 0.450. The maximum atomic E-state index is 12.2. The Morgan fingerprint density at radius 1 is 1.47 bits per heavy atom. The lowest BCUT2D eigenvalue weighted by Gasteiger charge is -2.26. The summed E-state index contributed by atoms with van der Waals surface area (Å²) in [7, 11) is 0. The van der Waals surface area contributed by atoms with Gasteiger partial charge in [0.2, 0.25) is 0 Å². The van der Waals surface area contributed by atoms with E-state index in [1.165, 1.54) is 0 Å². The maximum absolute atomic E-state index is 12.2. The monoisotopic (exact) mass is 253 g/mol. The molecule has 4 heteroatoms. The van der Waals surface area contributed by atoms with Crippen molar-refractivity contribution >= 4 is 17.6 Å². The highest BCUT2D eigenvalue weighted by Crippen LogP contribution is 2.42. The Kier molecular flexibility index (Phi) is 3.67. The van der Waals surface area contributed by atoms with Gasteiger partial charge in [-0.15, -0.1) is 0 Å². The van der Waals surface area contributed by atoms with Crippen LogP contribution in [0.1, 0.15) is 38.2 Å². The highest BCUT2D eigenvalue weighted by Gasteiger charge is 2.44. The second-order valence-electron chi connectivity index (χ2n) is 4.38. The van der Waals surface area contributed by atoms with Crippen molar-refractivity contribution < 1.29 is 9.53 Å². The minimum Gasteiger partial charge on any atom is -0.465 e. The number of nitrogens with zero attached hydrogens (tertiary/aromatic N) is 1. The van der Waals surface area contributed by atoms with Gasteiger partial charge in [-0.2, -0.15) is 0 Å². The quantitative estimate of drug-likeness (QED) is 0.614. The van der Waals surface area contributed by atoms with Crippen LogP contribution in [0.2, 0.25) is 5.15 Å². The van der Waals surface area contributed by atoms with Crippen LogP contribution in [-0.4, -0.2) is 17.6 Å². The Balaban J connectivity index is 2.34. The van der Waals surface area contributed by atoms with Crippen LogP contribution in [0.15, 0.2) is 18.3 Å². The zero-order chi connectivity index (χ0) is 12.3. The summed E-state index contributed by atoms with van der Waals surface area (Å²) in [6.45, 7) is 2.25. The lowest BCUT2D eigenvalue weighted by Crippen LogP contribution is -2.34. The van der Waals surface area contributed by atoms with E-state index in [-0.39, 0.29) is 5.97 Å². The molecule has 92 valence electrons. The molecule has 17 heavy (non-hydrogen) atoms. The molecule has 0 spiro atoms. The second-order valence-corrected chi connectivity index (χ2v) is 4.77. The topological polar surface area (TPSA) is 39.2 Å². The first-order chi connectivity index (χ1) is 8.19. The van der Waals surface area contributed by atoms with Gasteiger partial charge in [0.25, 0.3) is 0 Å². The molecule has 0 aromatic carbocycles. The summed E-state index contributed by atoms with van der Waals surface area (Å²) >= 11 is 5.78. The molecule has 0 amide bonds. The number of hydrogen-bond donors (Lipinski definition) is 0. The van der Waals surface area contributed by atoms with Crippen LogP contribution < -0.4 is 0 Å². The molecular formula is C13H16ClNO2. The van der Waals surface area contributed by atoms with Crippen LogP contribution in [0.3, 0.4) is 0 Å². The molecule has 1 aromatic heterocycles.